The molecule has 1 aromatic carbocycles. The van der Waals surface area contributed by atoms with Gasteiger partial charge in [-0.15, -0.1) is 0 Å². The van der Waals surface area contributed by atoms with Gasteiger partial charge in [0.25, 0.3) is 0 Å². The third kappa shape index (κ3) is 4.18. The van der Waals surface area contributed by atoms with Crippen molar-refractivity contribution < 1.29 is 17.9 Å². The summed E-state index contributed by atoms with van der Waals surface area (Å²) in [6.45, 7) is 3.32. The second-order valence-electron chi connectivity index (χ2n) is 3.81. The molecule has 0 atom stereocenters. The fourth-order valence-electron chi connectivity index (χ4n) is 1.54. The zero-order valence-corrected chi connectivity index (χ0v) is 14.3. The minimum absolute atomic E-state index is 0.0338. The maximum Gasteiger partial charge on any atom is 0.321 e. The van der Waals surface area contributed by atoms with Crippen molar-refractivity contribution in [2.75, 3.05) is 19.7 Å². The van der Waals surface area contributed by atoms with Gasteiger partial charge in [-0.2, -0.15) is 4.31 Å². The summed E-state index contributed by atoms with van der Waals surface area (Å²) in [6.07, 6.45) is 0. The van der Waals surface area contributed by atoms with Gasteiger partial charge in [-0.05, 0) is 25.1 Å². The normalized spacial score (nSPS) is 11.7. The van der Waals surface area contributed by atoms with Gasteiger partial charge in [0.2, 0.25) is 10.0 Å². The SMILES string of the molecule is CCOC(=O)CN(CC)S(=O)(=O)c1ccc(Br)cc1Cl. The summed E-state index contributed by atoms with van der Waals surface area (Å²) in [6, 6.07) is 4.47. The molecule has 0 unspecified atom stereocenters. The van der Waals surface area contributed by atoms with E-state index in [9.17, 15) is 13.2 Å². The van der Waals surface area contributed by atoms with Crippen molar-refractivity contribution in [2.45, 2.75) is 18.7 Å². The molecular weight excluding hydrogens is 370 g/mol. The predicted molar refractivity (Wildman–Crippen MR) is 80.2 cm³/mol. The van der Waals surface area contributed by atoms with E-state index in [0.717, 1.165) is 4.31 Å². The Balaban J connectivity index is 3.09. The van der Waals surface area contributed by atoms with Crippen LogP contribution in [0, 0.1) is 0 Å². The van der Waals surface area contributed by atoms with Gasteiger partial charge in [0.1, 0.15) is 11.4 Å². The van der Waals surface area contributed by atoms with Gasteiger partial charge in [-0.25, -0.2) is 8.42 Å². The number of rotatable bonds is 6. The van der Waals surface area contributed by atoms with Crippen LogP contribution in [-0.4, -0.2) is 38.4 Å². The number of hydrogen-bond acceptors (Lipinski definition) is 4. The minimum atomic E-state index is -3.83. The van der Waals surface area contributed by atoms with Crippen molar-refractivity contribution in [3.05, 3.63) is 27.7 Å². The molecule has 0 aliphatic rings. The van der Waals surface area contributed by atoms with E-state index in [0.29, 0.717) is 4.47 Å². The number of halogens is 2. The summed E-state index contributed by atoms with van der Waals surface area (Å²) in [4.78, 5) is 11.4. The van der Waals surface area contributed by atoms with E-state index in [1.54, 1.807) is 19.9 Å². The summed E-state index contributed by atoms with van der Waals surface area (Å²) in [5.74, 6) is -0.592. The second-order valence-corrected chi connectivity index (χ2v) is 7.04. The van der Waals surface area contributed by atoms with E-state index in [1.165, 1.54) is 12.1 Å². The molecule has 20 heavy (non-hydrogen) atoms. The van der Waals surface area contributed by atoms with Crippen molar-refractivity contribution in [1.82, 2.24) is 4.31 Å². The topological polar surface area (TPSA) is 63.7 Å². The largest absolute Gasteiger partial charge is 0.465 e. The molecule has 0 aromatic heterocycles. The molecule has 0 saturated carbocycles. The summed E-state index contributed by atoms with van der Waals surface area (Å²) in [7, 11) is -3.83. The van der Waals surface area contributed by atoms with E-state index >= 15 is 0 Å². The van der Waals surface area contributed by atoms with Crippen molar-refractivity contribution in [3.63, 3.8) is 0 Å². The zero-order valence-electron chi connectivity index (χ0n) is 11.1. The highest BCUT2D eigenvalue weighted by Gasteiger charge is 2.27. The number of hydrogen-bond donors (Lipinski definition) is 0. The Labute approximate surface area is 132 Å². The number of likely N-dealkylation sites (N-methyl/N-ethyl adjacent to an activating group) is 1. The summed E-state index contributed by atoms with van der Waals surface area (Å²) in [5.41, 5.74) is 0. The molecular formula is C12H15BrClNO4S. The van der Waals surface area contributed by atoms with Crippen molar-refractivity contribution in [1.29, 1.82) is 0 Å². The van der Waals surface area contributed by atoms with Crippen molar-refractivity contribution in [2.24, 2.45) is 0 Å². The molecule has 0 amide bonds. The fourth-order valence-corrected chi connectivity index (χ4v) is 3.95. The molecule has 0 spiro atoms. The van der Waals surface area contributed by atoms with E-state index in [-0.39, 0.29) is 29.6 Å². The lowest BCUT2D eigenvalue weighted by Crippen LogP contribution is -2.36. The van der Waals surface area contributed by atoms with E-state index in [2.05, 4.69) is 15.9 Å². The number of carbonyl (C=O) groups excluding carboxylic acids is 1. The molecule has 0 heterocycles. The van der Waals surface area contributed by atoms with Crippen molar-refractivity contribution >= 4 is 43.5 Å². The molecule has 5 nitrogen and oxygen atoms in total. The van der Waals surface area contributed by atoms with Gasteiger partial charge in [-0.3, -0.25) is 4.79 Å². The average molecular weight is 385 g/mol. The number of benzene rings is 1. The Morgan fingerprint density at radius 3 is 2.55 bits per heavy atom. The highest BCUT2D eigenvalue weighted by atomic mass is 79.9. The number of esters is 1. The summed E-state index contributed by atoms with van der Waals surface area (Å²) in [5, 5.41) is 0.0988. The molecule has 8 heteroatoms. The standard InChI is InChI=1S/C12H15BrClNO4S/c1-3-15(8-12(16)19-4-2)20(17,18)11-6-5-9(13)7-10(11)14/h5-7H,3-4,8H2,1-2H3. The lowest BCUT2D eigenvalue weighted by Gasteiger charge is -2.20. The number of sulfonamides is 1. The van der Waals surface area contributed by atoms with Gasteiger partial charge >= 0.3 is 5.97 Å². The van der Waals surface area contributed by atoms with Gasteiger partial charge in [0, 0.05) is 11.0 Å². The molecule has 1 aromatic rings. The Kier molecular flexibility index (Phi) is 6.44. The highest BCUT2D eigenvalue weighted by molar-refractivity contribution is 9.10. The summed E-state index contributed by atoms with van der Waals surface area (Å²) < 4.78 is 31.4. The van der Waals surface area contributed by atoms with Crippen LogP contribution in [0.5, 0.6) is 0 Å². The summed E-state index contributed by atoms with van der Waals surface area (Å²) >= 11 is 9.17. The number of nitrogens with zero attached hydrogens (tertiary/aromatic N) is 1. The number of ether oxygens (including phenoxy) is 1. The number of carbonyl (C=O) groups is 1. The first kappa shape index (κ1) is 17.4. The molecule has 0 aliphatic heterocycles. The van der Waals surface area contributed by atoms with Gasteiger partial charge in [0.05, 0.1) is 11.6 Å². The molecule has 0 bridgehead atoms. The van der Waals surface area contributed by atoms with Crippen LogP contribution in [0.1, 0.15) is 13.8 Å². The molecule has 0 radical (unpaired) electrons. The van der Waals surface area contributed by atoms with Gasteiger partial charge in [0.15, 0.2) is 0 Å². The first-order valence-electron chi connectivity index (χ1n) is 5.93. The van der Waals surface area contributed by atoms with Crippen LogP contribution in [0.2, 0.25) is 5.02 Å². The molecule has 0 aliphatic carbocycles. The lowest BCUT2D eigenvalue weighted by atomic mass is 10.4. The van der Waals surface area contributed by atoms with Gasteiger partial charge < -0.3 is 4.74 Å². The van der Waals surface area contributed by atoms with Crippen molar-refractivity contribution in [3.8, 4) is 0 Å². The lowest BCUT2D eigenvalue weighted by molar-refractivity contribution is -0.143. The quantitative estimate of drug-likeness (QED) is 0.707. The average Bonchev–Trinajstić information content (AvgIpc) is 2.35. The maximum atomic E-state index is 12.5. The van der Waals surface area contributed by atoms with Crippen LogP contribution in [0.25, 0.3) is 0 Å². The Bertz CT molecular complexity index is 591. The van der Waals surface area contributed by atoms with E-state index in [1.807, 2.05) is 0 Å². The van der Waals surface area contributed by atoms with Crippen LogP contribution in [0.3, 0.4) is 0 Å². The van der Waals surface area contributed by atoms with Crippen LogP contribution >= 0.6 is 27.5 Å². The Hall–Kier alpha value is -0.630. The van der Waals surface area contributed by atoms with Crippen LogP contribution in [-0.2, 0) is 19.6 Å². The highest BCUT2D eigenvalue weighted by Crippen LogP contribution is 2.27. The monoisotopic (exact) mass is 383 g/mol. The van der Waals surface area contributed by atoms with Gasteiger partial charge in [-0.1, -0.05) is 34.5 Å². The molecule has 0 N–H and O–H groups in total. The smallest absolute Gasteiger partial charge is 0.321 e. The van der Waals surface area contributed by atoms with E-state index < -0.39 is 16.0 Å². The van der Waals surface area contributed by atoms with Crippen LogP contribution in [0.15, 0.2) is 27.6 Å². The zero-order chi connectivity index (χ0) is 15.3. The molecule has 112 valence electrons. The first-order chi connectivity index (χ1) is 9.32. The second kappa shape index (κ2) is 7.40. The van der Waals surface area contributed by atoms with E-state index in [4.69, 9.17) is 16.3 Å². The van der Waals surface area contributed by atoms with Crippen LogP contribution in [0.4, 0.5) is 0 Å². The Morgan fingerprint density at radius 1 is 1.40 bits per heavy atom. The third-order valence-corrected chi connectivity index (χ3v) is 5.37. The van der Waals surface area contributed by atoms with Crippen LogP contribution < -0.4 is 0 Å². The molecule has 0 saturated heterocycles. The molecule has 1 rings (SSSR count). The first-order valence-corrected chi connectivity index (χ1v) is 8.54. The predicted octanol–water partition coefficient (Wildman–Crippen LogP) is 2.68. The fraction of sp³-hybridized carbons (Fsp3) is 0.417. The molecule has 0 fully saturated rings. The maximum absolute atomic E-state index is 12.5. The minimum Gasteiger partial charge on any atom is -0.465 e. The Morgan fingerprint density at radius 2 is 2.05 bits per heavy atom. The third-order valence-electron chi connectivity index (χ3n) is 2.48.